The molecule has 0 unspecified atom stereocenters. The molecule has 0 aliphatic heterocycles. The Kier molecular flexibility index (Phi) is 9.16. The third-order valence-corrected chi connectivity index (χ3v) is 6.09. The van der Waals surface area contributed by atoms with E-state index in [9.17, 15) is 34.8 Å². The average Bonchev–Trinajstić information content (AvgIpc) is 2.81. The summed E-state index contributed by atoms with van der Waals surface area (Å²) in [5, 5.41) is 41.2. The van der Waals surface area contributed by atoms with Crippen LogP contribution in [0.3, 0.4) is 0 Å². The summed E-state index contributed by atoms with van der Waals surface area (Å²) in [6.45, 7) is 4.04. The van der Waals surface area contributed by atoms with Gasteiger partial charge >= 0.3 is 11.6 Å². The minimum Gasteiger partial charge on any atom is -0.508 e. The number of ether oxygens (including phenoxy) is 1. The van der Waals surface area contributed by atoms with E-state index in [0.717, 1.165) is 44.2 Å². The van der Waals surface area contributed by atoms with E-state index < -0.39 is 40.8 Å². The molecule has 0 amide bonds. The zero-order valence-electron chi connectivity index (χ0n) is 21.0. The van der Waals surface area contributed by atoms with Gasteiger partial charge in [0, 0.05) is 37.0 Å². The normalized spacial score (nSPS) is 11.1. The first kappa shape index (κ1) is 27.6. The van der Waals surface area contributed by atoms with E-state index in [4.69, 9.17) is 9.15 Å². The maximum atomic E-state index is 12.9. The lowest BCUT2D eigenvalue weighted by Crippen LogP contribution is -2.11. The fourth-order valence-electron chi connectivity index (χ4n) is 4.26. The fourth-order valence-corrected chi connectivity index (χ4v) is 4.26. The van der Waals surface area contributed by atoms with E-state index in [-0.39, 0.29) is 34.7 Å². The number of hydrogen-bond donors (Lipinski definition) is 4. The van der Waals surface area contributed by atoms with E-state index in [2.05, 4.69) is 6.92 Å². The summed E-state index contributed by atoms with van der Waals surface area (Å²) in [6, 6.07) is 4.93. The monoisotopic (exact) mass is 512 g/mol. The third kappa shape index (κ3) is 6.61. The van der Waals surface area contributed by atoms with Gasteiger partial charge in [-0.25, -0.2) is 9.59 Å². The van der Waals surface area contributed by atoms with Gasteiger partial charge in [0.1, 0.15) is 39.7 Å². The summed E-state index contributed by atoms with van der Waals surface area (Å²) in [4.78, 5) is 37.5. The number of carboxylic acid groups (broad SMARTS) is 1. The molecule has 198 valence electrons. The van der Waals surface area contributed by atoms with Crippen molar-refractivity contribution >= 4 is 22.5 Å². The first-order valence-electron chi connectivity index (χ1n) is 12.5. The number of unbranched alkanes of at least 4 members (excludes halogenated alkanes) is 4. The molecule has 0 aliphatic carbocycles. The molecule has 0 fully saturated rings. The lowest BCUT2D eigenvalue weighted by molar-refractivity contribution is -0.118. The first-order chi connectivity index (χ1) is 17.7. The Morgan fingerprint density at radius 1 is 0.919 bits per heavy atom. The van der Waals surface area contributed by atoms with Crippen molar-refractivity contribution in [1.82, 2.24) is 0 Å². The van der Waals surface area contributed by atoms with Gasteiger partial charge in [0.25, 0.3) is 0 Å². The van der Waals surface area contributed by atoms with Crippen LogP contribution in [0.2, 0.25) is 0 Å². The Hall–Kier alpha value is -4.01. The predicted octanol–water partition coefficient (Wildman–Crippen LogP) is 5.82. The van der Waals surface area contributed by atoms with Crippen LogP contribution in [0.5, 0.6) is 28.7 Å². The van der Waals surface area contributed by atoms with Gasteiger partial charge in [0.2, 0.25) is 0 Å². The summed E-state index contributed by atoms with van der Waals surface area (Å²) in [5.41, 5.74) is -1.55. The van der Waals surface area contributed by atoms with Gasteiger partial charge in [0.05, 0.1) is 0 Å². The van der Waals surface area contributed by atoms with Crippen molar-refractivity contribution in [3.8, 4) is 28.7 Å². The molecule has 1 aromatic heterocycles. The second-order valence-electron chi connectivity index (χ2n) is 9.04. The molecule has 9 nitrogen and oxygen atoms in total. The van der Waals surface area contributed by atoms with Gasteiger partial charge in [-0.2, -0.15) is 0 Å². The molecule has 9 heteroatoms. The Labute approximate surface area is 213 Å². The number of carbonyl (C=O) groups excluding carboxylic acids is 1. The molecular weight excluding hydrogens is 480 g/mol. The number of rotatable bonds is 13. The van der Waals surface area contributed by atoms with E-state index in [1.54, 1.807) is 6.07 Å². The van der Waals surface area contributed by atoms with Crippen LogP contribution < -0.4 is 10.4 Å². The van der Waals surface area contributed by atoms with Gasteiger partial charge in [-0.05, 0) is 30.4 Å². The van der Waals surface area contributed by atoms with Crippen LogP contribution in [-0.4, -0.2) is 32.2 Å². The van der Waals surface area contributed by atoms with Crippen LogP contribution in [0.1, 0.15) is 80.5 Å². The van der Waals surface area contributed by atoms with Crippen LogP contribution in [0.15, 0.2) is 33.5 Å². The van der Waals surface area contributed by atoms with Crippen LogP contribution >= 0.6 is 0 Å². The highest BCUT2D eigenvalue weighted by atomic mass is 16.5. The quantitative estimate of drug-likeness (QED) is 0.207. The van der Waals surface area contributed by atoms with Crippen LogP contribution in [0, 0.1) is 0 Å². The number of phenols is 3. The van der Waals surface area contributed by atoms with Gasteiger partial charge in [-0.3, -0.25) is 4.79 Å². The summed E-state index contributed by atoms with van der Waals surface area (Å²) in [5.74, 6) is -3.57. The number of aryl methyl sites for hydroxylation is 1. The van der Waals surface area contributed by atoms with Gasteiger partial charge in [0.15, 0.2) is 11.5 Å². The summed E-state index contributed by atoms with van der Waals surface area (Å²) >= 11 is 0. The topological polar surface area (TPSA) is 154 Å². The van der Waals surface area contributed by atoms with Crippen molar-refractivity contribution in [2.45, 2.75) is 71.6 Å². The highest BCUT2D eigenvalue weighted by Gasteiger charge is 2.27. The number of ketones is 1. The second kappa shape index (κ2) is 12.3. The molecule has 0 radical (unpaired) electrons. The SMILES string of the molecule is CCCCCC(=O)Cc1c(Oc2cc(O)cc3cc(CCCCC)oc(=O)c23)c(O)cc(O)c1C(=O)O. The Morgan fingerprint density at radius 3 is 2.30 bits per heavy atom. The van der Waals surface area contributed by atoms with Crippen molar-refractivity contribution < 1.29 is 39.2 Å². The molecule has 4 N–H and O–H groups in total. The van der Waals surface area contributed by atoms with Crippen molar-refractivity contribution in [2.24, 2.45) is 0 Å². The number of carboxylic acids is 1. The fraction of sp³-hybridized carbons (Fsp3) is 0.393. The van der Waals surface area contributed by atoms with Gasteiger partial charge in [-0.15, -0.1) is 0 Å². The highest BCUT2D eigenvalue weighted by molar-refractivity contribution is 5.97. The largest absolute Gasteiger partial charge is 0.508 e. The van der Waals surface area contributed by atoms with E-state index >= 15 is 0 Å². The Balaban J connectivity index is 2.11. The van der Waals surface area contributed by atoms with Crippen LogP contribution in [0.25, 0.3) is 10.8 Å². The standard InChI is InChI=1S/C28H32O9/c1-3-5-7-9-17(29)13-20-25(27(33)34)21(31)15-22(32)26(20)37-23-14-18(30)11-16-12-19(10-8-6-4-2)36-28(35)24(16)23/h11-12,14-15,30-32H,3-10,13H2,1-2H3,(H,33,34). The molecule has 0 bridgehead atoms. The number of Topliss-reactive ketones (excluding diaryl/α,β-unsaturated/α-hetero) is 1. The second-order valence-corrected chi connectivity index (χ2v) is 9.04. The Morgan fingerprint density at radius 2 is 1.62 bits per heavy atom. The molecule has 0 spiro atoms. The first-order valence-corrected chi connectivity index (χ1v) is 12.5. The maximum Gasteiger partial charge on any atom is 0.347 e. The lowest BCUT2D eigenvalue weighted by Gasteiger charge is -2.17. The molecule has 3 rings (SSSR count). The molecule has 1 heterocycles. The van der Waals surface area contributed by atoms with Crippen molar-refractivity contribution in [1.29, 1.82) is 0 Å². The molecule has 0 saturated carbocycles. The summed E-state index contributed by atoms with van der Waals surface area (Å²) < 4.78 is 11.3. The molecule has 0 saturated heterocycles. The number of phenolic OH excluding ortho intramolecular Hbond substituents is 2. The van der Waals surface area contributed by atoms with Gasteiger partial charge < -0.3 is 29.6 Å². The highest BCUT2D eigenvalue weighted by Crippen LogP contribution is 2.43. The molecule has 0 aliphatic rings. The zero-order valence-corrected chi connectivity index (χ0v) is 21.0. The van der Waals surface area contributed by atoms with Crippen molar-refractivity contribution in [2.75, 3.05) is 0 Å². The third-order valence-electron chi connectivity index (χ3n) is 6.09. The Bertz CT molecular complexity index is 1350. The number of benzene rings is 2. The zero-order chi connectivity index (χ0) is 27.1. The van der Waals surface area contributed by atoms with E-state index in [1.807, 2.05) is 6.92 Å². The molecule has 0 atom stereocenters. The number of fused-ring (bicyclic) bond motifs is 1. The van der Waals surface area contributed by atoms with Crippen LogP contribution in [-0.2, 0) is 17.6 Å². The smallest absolute Gasteiger partial charge is 0.347 e. The van der Waals surface area contributed by atoms with E-state index in [0.29, 0.717) is 24.0 Å². The maximum absolute atomic E-state index is 12.9. The summed E-state index contributed by atoms with van der Waals surface area (Å²) in [7, 11) is 0. The minimum absolute atomic E-state index is 0.0263. The molecule has 2 aromatic carbocycles. The van der Waals surface area contributed by atoms with E-state index in [1.165, 1.54) is 6.07 Å². The van der Waals surface area contributed by atoms with Crippen molar-refractivity contribution in [3.63, 3.8) is 0 Å². The molecular formula is C28H32O9. The molecule has 37 heavy (non-hydrogen) atoms. The van der Waals surface area contributed by atoms with Crippen molar-refractivity contribution in [3.05, 3.63) is 51.6 Å². The number of aromatic hydroxyl groups is 3. The van der Waals surface area contributed by atoms with Gasteiger partial charge in [-0.1, -0.05) is 39.5 Å². The number of aromatic carboxylic acids is 1. The number of carbonyl (C=O) groups is 2. The average molecular weight is 513 g/mol. The van der Waals surface area contributed by atoms with Crippen LogP contribution in [0.4, 0.5) is 0 Å². The lowest BCUT2D eigenvalue weighted by atomic mass is 9.97. The predicted molar refractivity (Wildman–Crippen MR) is 137 cm³/mol. The summed E-state index contributed by atoms with van der Waals surface area (Å²) in [6.07, 6.45) is 5.39. The molecule has 3 aromatic rings. The minimum atomic E-state index is -1.52. The number of hydrogen-bond acceptors (Lipinski definition) is 8.